The molecule has 3 amide bonds. The number of benzene rings is 1. The van der Waals surface area contributed by atoms with Crippen LogP contribution in [-0.2, 0) is 14.3 Å². The van der Waals surface area contributed by atoms with E-state index in [-0.39, 0.29) is 42.5 Å². The molecule has 0 radical (unpaired) electrons. The molecule has 1 heterocycles. The number of carbonyl (C=O) groups is 3. The number of nitrogens with zero attached hydrogens (tertiary/aromatic N) is 3. The van der Waals surface area contributed by atoms with Gasteiger partial charge in [-0.3, -0.25) is 9.59 Å². The molecule has 1 saturated carbocycles. The highest BCUT2D eigenvalue weighted by molar-refractivity contribution is 5.95. The molecule has 1 saturated heterocycles. The van der Waals surface area contributed by atoms with Crippen molar-refractivity contribution < 1.29 is 38.4 Å². The maximum absolute atomic E-state index is 13.8. The van der Waals surface area contributed by atoms with Gasteiger partial charge in [0, 0.05) is 77.1 Å². The van der Waals surface area contributed by atoms with Crippen molar-refractivity contribution >= 4 is 17.9 Å². The zero-order valence-corrected chi connectivity index (χ0v) is 25.9. The van der Waals surface area contributed by atoms with Crippen LogP contribution in [0.2, 0.25) is 0 Å². The maximum atomic E-state index is 13.8. The Balaban J connectivity index is 1.69. The quantitative estimate of drug-likeness (QED) is 0.267. The molecule has 0 spiro atoms. The van der Waals surface area contributed by atoms with E-state index in [2.05, 4.69) is 0 Å². The molecular formula is C31H49N3O8. The molecule has 42 heavy (non-hydrogen) atoms. The lowest BCUT2D eigenvalue weighted by atomic mass is 9.93. The van der Waals surface area contributed by atoms with Crippen LogP contribution in [0.1, 0.15) is 75.6 Å². The first-order chi connectivity index (χ1) is 20.2. The monoisotopic (exact) mass is 591 g/mol. The van der Waals surface area contributed by atoms with Crippen LogP contribution < -0.4 is 9.47 Å². The molecule has 3 rings (SSSR count). The Morgan fingerprint density at radius 3 is 2.26 bits per heavy atom. The van der Waals surface area contributed by atoms with Gasteiger partial charge in [0.05, 0.1) is 19.8 Å². The van der Waals surface area contributed by atoms with Crippen LogP contribution in [-0.4, -0.2) is 116 Å². The minimum atomic E-state index is -0.999. The second kappa shape index (κ2) is 16.6. The van der Waals surface area contributed by atoms with Gasteiger partial charge in [-0.1, -0.05) is 0 Å². The normalized spacial score (nSPS) is 18.6. The number of piperidine rings is 1. The average Bonchev–Trinajstić information content (AvgIpc) is 3.81. The third kappa shape index (κ3) is 9.22. The van der Waals surface area contributed by atoms with Crippen LogP contribution in [0.5, 0.6) is 11.5 Å². The first-order valence-electron chi connectivity index (χ1n) is 15.1. The lowest BCUT2D eigenvalue weighted by Crippen LogP contribution is -2.57. The van der Waals surface area contributed by atoms with Crippen molar-refractivity contribution in [2.45, 2.75) is 89.4 Å². The van der Waals surface area contributed by atoms with E-state index in [4.69, 9.17) is 18.9 Å². The fourth-order valence-electron chi connectivity index (χ4n) is 5.75. The van der Waals surface area contributed by atoms with Crippen molar-refractivity contribution in [3.8, 4) is 11.5 Å². The summed E-state index contributed by atoms with van der Waals surface area (Å²) >= 11 is 0. The standard InChI is InChI=1S/C31H49N3O8/c1-22(2)34(30(36)23-9-14-27(41-5)28(20-23)42-19-7-18-40-4)26-13-12-25(33(21-26)31(37)38)15-16-32(24-10-11-24)29(35)8-6-17-39-3/h9,14,20,22,24-26H,6-8,10-13,15-19,21H2,1-5H3,(H,37,38)/t25-,26-/m1/s1. The topological polar surface area (TPSA) is 118 Å². The fraction of sp³-hybridized carbons (Fsp3) is 0.710. The number of amides is 3. The summed E-state index contributed by atoms with van der Waals surface area (Å²) in [5.41, 5.74) is 0.460. The van der Waals surface area contributed by atoms with E-state index in [0.29, 0.717) is 82.0 Å². The van der Waals surface area contributed by atoms with Crippen LogP contribution in [0.4, 0.5) is 4.79 Å². The van der Waals surface area contributed by atoms with Crippen LogP contribution in [0, 0.1) is 0 Å². The third-order valence-electron chi connectivity index (χ3n) is 8.02. The van der Waals surface area contributed by atoms with Crippen LogP contribution >= 0.6 is 0 Å². The van der Waals surface area contributed by atoms with Gasteiger partial charge in [0.25, 0.3) is 5.91 Å². The van der Waals surface area contributed by atoms with E-state index >= 15 is 0 Å². The van der Waals surface area contributed by atoms with Crippen LogP contribution in [0.3, 0.4) is 0 Å². The summed E-state index contributed by atoms with van der Waals surface area (Å²) in [4.78, 5) is 44.3. The van der Waals surface area contributed by atoms with E-state index in [0.717, 1.165) is 12.8 Å². The third-order valence-corrected chi connectivity index (χ3v) is 8.02. The Morgan fingerprint density at radius 2 is 1.64 bits per heavy atom. The second-order valence-corrected chi connectivity index (χ2v) is 11.4. The predicted molar refractivity (Wildman–Crippen MR) is 158 cm³/mol. The van der Waals surface area contributed by atoms with Gasteiger partial charge >= 0.3 is 6.09 Å². The molecule has 1 aromatic carbocycles. The highest BCUT2D eigenvalue weighted by atomic mass is 16.5. The number of hydrogen-bond donors (Lipinski definition) is 1. The summed E-state index contributed by atoms with van der Waals surface area (Å²) in [5.74, 6) is 0.957. The number of methoxy groups -OCH3 is 3. The van der Waals surface area contributed by atoms with Gasteiger partial charge < -0.3 is 38.8 Å². The molecule has 1 aliphatic carbocycles. The second-order valence-electron chi connectivity index (χ2n) is 11.4. The molecule has 1 aliphatic heterocycles. The molecule has 2 aliphatic rings. The zero-order valence-electron chi connectivity index (χ0n) is 25.9. The molecule has 11 nitrogen and oxygen atoms in total. The summed E-state index contributed by atoms with van der Waals surface area (Å²) in [5, 5.41) is 10.1. The van der Waals surface area contributed by atoms with Crippen LogP contribution in [0.25, 0.3) is 0 Å². The zero-order chi connectivity index (χ0) is 30.6. The fourth-order valence-corrected chi connectivity index (χ4v) is 5.75. The molecular weight excluding hydrogens is 542 g/mol. The van der Waals surface area contributed by atoms with Gasteiger partial charge in [-0.2, -0.15) is 0 Å². The lowest BCUT2D eigenvalue weighted by molar-refractivity contribution is -0.132. The molecule has 0 bridgehead atoms. The number of carbonyl (C=O) groups excluding carboxylic acids is 2. The number of carboxylic acid groups (broad SMARTS) is 1. The number of ether oxygens (including phenoxy) is 4. The van der Waals surface area contributed by atoms with Crippen molar-refractivity contribution in [3.05, 3.63) is 23.8 Å². The molecule has 1 aromatic rings. The summed E-state index contributed by atoms with van der Waals surface area (Å²) in [6.07, 6.45) is 4.72. The molecule has 2 atom stereocenters. The van der Waals surface area contributed by atoms with Crippen molar-refractivity contribution in [2.75, 3.05) is 54.2 Å². The van der Waals surface area contributed by atoms with Crippen molar-refractivity contribution in [1.29, 1.82) is 0 Å². The minimum absolute atomic E-state index is 0.114. The summed E-state index contributed by atoms with van der Waals surface area (Å²) in [6, 6.07) is 4.78. The summed E-state index contributed by atoms with van der Waals surface area (Å²) in [7, 11) is 4.82. The lowest BCUT2D eigenvalue weighted by Gasteiger charge is -2.44. The van der Waals surface area contributed by atoms with Gasteiger partial charge in [0.15, 0.2) is 11.5 Å². The van der Waals surface area contributed by atoms with E-state index in [1.165, 1.54) is 4.90 Å². The summed E-state index contributed by atoms with van der Waals surface area (Å²) in [6.45, 7) is 6.20. The Labute approximate surface area is 250 Å². The number of rotatable bonds is 17. The Bertz CT molecular complexity index is 1030. The first-order valence-corrected chi connectivity index (χ1v) is 15.1. The van der Waals surface area contributed by atoms with Gasteiger partial charge in [-0.25, -0.2) is 4.79 Å². The maximum Gasteiger partial charge on any atom is 0.407 e. The number of likely N-dealkylation sites (tertiary alicyclic amines) is 1. The molecule has 0 aromatic heterocycles. The molecule has 2 fully saturated rings. The number of hydrogen-bond acceptors (Lipinski definition) is 7. The predicted octanol–water partition coefficient (Wildman–Crippen LogP) is 4.28. The van der Waals surface area contributed by atoms with Crippen molar-refractivity contribution in [2.24, 2.45) is 0 Å². The van der Waals surface area contributed by atoms with Crippen LogP contribution in [0.15, 0.2) is 18.2 Å². The molecule has 0 unspecified atom stereocenters. The Kier molecular flexibility index (Phi) is 13.2. The molecule has 11 heteroatoms. The largest absolute Gasteiger partial charge is 0.493 e. The van der Waals surface area contributed by atoms with Gasteiger partial charge in [-0.15, -0.1) is 0 Å². The smallest absolute Gasteiger partial charge is 0.407 e. The van der Waals surface area contributed by atoms with E-state index in [1.54, 1.807) is 44.4 Å². The Morgan fingerprint density at radius 1 is 0.952 bits per heavy atom. The SMILES string of the molecule is COCCCOc1cc(C(=O)N(C(C)C)[C@@H]2CC[C@H](CCN(C(=O)CCCOC)C3CC3)N(C(=O)O)C2)ccc1OC. The highest BCUT2D eigenvalue weighted by Crippen LogP contribution is 2.32. The van der Waals surface area contributed by atoms with Crippen molar-refractivity contribution in [3.63, 3.8) is 0 Å². The average molecular weight is 592 g/mol. The molecule has 236 valence electrons. The minimum Gasteiger partial charge on any atom is -0.493 e. The molecule has 1 N–H and O–H groups in total. The van der Waals surface area contributed by atoms with E-state index in [1.807, 2.05) is 18.7 Å². The highest BCUT2D eigenvalue weighted by Gasteiger charge is 2.39. The van der Waals surface area contributed by atoms with E-state index in [9.17, 15) is 19.5 Å². The van der Waals surface area contributed by atoms with Gasteiger partial charge in [0.1, 0.15) is 0 Å². The Hall–Kier alpha value is -3.05. The van der Waals surface area contributed by atoms with Gasteiger partial charge in [0.2, 0.25) is 5.91 Å². The van der Waals surface area contributed by atoms with Gasteiger partial charge in [-0.05, 0) is 70.6 Å². The summed E-state index contributed by atoms with van der Waals surface area (Å²) < 4.78 is 21.5. The van der Waals surface area contributed by atoms with Crippen molar-refractivity contribution in [1.82, 2.24) is 14.7 Å². The first kappa shape index (κ1) is 33.5. The van der Waals surface area contributed by atoms with E-state index < -0.39 is 6.09 Å².